The number of hydrogen-bond donors (Lipinski definition) is 2. The molecule has 3 rings (SSSR count). The van der Waals surface area contributed by atoms with Crippen molar-refractivity contribution in [2.45, 2.75) is 10.9 Å². The Morgan fingerprint density at radius 1 is 1.44 bits per heavy atom. The summed E-state index contributed by atoms with van der Waals surface area (Å²) in [4.78, 5) is 11.6. The van der Waals surface area contributed by atoms with Crippen LogP contribution in [0.25, 0.3) is 10.2 Å². The van der Waals surface area contributed by atoms with Crippen molar-refractivity contribution in [3.8, 4) is 0 Å². The number of nitrogens with zero attached hydrogens (tertiary/aromatic N) is 2. The molecule has 2 heterocycles. The van der Waals surface area contributed by atoms with Gasteiger partial charge in [-0.1, -0.05) is 11.8 Å². The predicted octanol–water partition coefficient (Wildman–Crippen LogP) is 3.35. The first-order valence-corrected chi connectivity index (χ1v) is 7.55. The molecule has 0 aliphatic rings. The fraction of sp³-hybridized carbons (Fsp3) is 0.167. The minimum Gasteiger partial charge on any atom is -0.379 e. The molecule has 0 fully saturated rings. The summed E-state index contributed by atoms with van der Waals surface area (Å²) in [6.07, 6.45) is 5.56. The van der Waals surface area contributed by atoms with Gasteiger partial charge in [-0.25, -0.2) is 9.97 Å². The lowest BCUT2D eigenvalue weighted by Crippen LogP contribution is -1.98. The Hall–Kier alpha value is -1.53. The fourth-order valence-corrected chi connectivity index (χ4v) is 3.21. The molecule has 0 atom stereocenters. The summed E-state index contributed by atoms with van der Waals surface area (Å²) in [5.74, 6) is 0. The number of fused-ring (bicyclic) bond motifs is 1. The highest BCUT2D eigenvalue weighted by Crippen LogP contribution is 2.29. The second kappa shape index (κ2) is 4.99. The first kappa shape index (κ1) is 11.6. The lowest BCUT2D eigenvalue weighted by atomic mass is 10.3. The van der Waals surface area contributed by atoms with E-state index in [1.54, 1.807) is 29.4 Å². The molecule has 0 radical (unpaired) electrons. The van der Waals surface area contributed by atoms with Gasteiger partial charge in [0.25, 0.3) is 0 Å². The van der Waals surface area contributed by atoms with Crippen molar-refractivity contribution < 1.29 is 0 Å². The van der Waals surface area contributed by atoms with Gasteiger partial charge in [0.1, 0.15) is 0 Å². The Morgan fingerprint density at radius 2 is 2.39 bits per heavy atom. The van der Waals surface area contributed by atoms with Crippen molar-refractivity contribution in [3.05, 3.63) is 36.4 Å². The zero-order chi connectivity index (χ0) is 12.4. The molecule has 4 nitrogen and oxygen atoms in total. The van der Waals surface area contributed by atoms with E-state index in [0.29, 0.717) is 0 Å². The number of nitrogens with one attached hydrogen (secondary N) is 2. The topological polar surface area (TPSA) is 53.6 Å². The second-order valence-corrected chi connectivity index (χ2v) is 5.88. The van der Waals surface area contributed by atoms with Gasteiger partial charge in [-0.15, -0.1) is 11.3 Å². The minimum absolute atomic E-state index is 0.750. The molecule has 6 heteroatoms. The summed E-state index contributed by atoms with van der Waals surface area (Å²) in [5, 5.41) is 3.37. The van der Waals surface area contributed by atoms with Crippen LogP contribution in [0, 0.1) is 0 Å². The molecule has 0 saturated carbocycles. The molecule has 0 saturated heterocycles. The normalized spacial score (nSPS) is 10.9. The van der Waals surface area contributed by atoms with Gasteiger partial charge < -0.3 is 10.3 Å². The average Bonchev–Trinajstić information content (AvgIpc) is 3.04. The van der Waals surface area contributed by atoms with Gasteiger partial charge in [-0.05, 0) is 24.5 Å². The Balaban J connectivity index is 1.80. The van der Waals surface area contributed by atoms with E-state index in [1.807, 2.05) is 6.20 Å². The van der Waals surface area contributed by atoms with Gasteiger partial charge in [0.15, 0.2) is 4.34 Å². The molecule has 0 amide bonds. The monoisotopic (exact) mass is 276 g/mol. The third-order valence-corrected chi connectivity index (χ3v) is 4.58. The Labute approximate surface area is 113 Å². The van der Waals surface area contributed by atoms with E-state index in [1.165, 1.54) is 4.70 Å². The summed E-state index contributed by atoms with van der Waals surface area (Å²) < 4.78 is 2.32. The second-order valence-electron chi connectivity index (χ2n) is 3.80. The summed E-state index contributed by atoms with van der Waals surface area (Å²) in [6, 6.07) is 6.26. The highest BCUT2D eigenvalue weighted by atomic mass is 32.2. The van der Waals surface area contributed by atoms with Crippen LogP contribution in [-0.4, -0.2) is 21.2 Å². The molecule has 0 aliphatic heterocycles. The van der Waals surface area contributed by atoms with Gasteiger partial charge in [0, 0.05) is 11.9 Å². The minimum atomic E-state index is 0.750. The van der Waals surface area contributed by atoms with Crippen molar-refractivity contribution in [3.63, 3.8) is 0 Å². The Bertz CT molecular complexity index is 645. The Morgan fingerprint density at radius 3 is 3.17 bits per heavy atom. The number of imidazole rings is 1. The Kier molecular flexibility index (Phi) is 3.21. The van der Waals surface area contributed by atoms with Crippen LogP contribution in [0.4, 0.5) is 5.69 Å². The molecule has 18 heavy (non-hydrogen) atoms. The quantitative estimate of drug-likeness (QED) is 0.717. The third kappa shape index (κ3) is 2.34. The molecule has 2 N–H and O–H groups in total. The first-order valence-electron chi connectivity index (χ1n) is 5.51. The van der Waals surface area contributed by atoms with E-state index in [4.69, 9.17) is 0 Å². The van der Waals surface area contributed by atoms with Gasteiger partial charge in [-0.3, -0.25) is 0 Å². The number of H-pyrrole nitrogens is 1. The number of aromatic nitrogens is 3. The van der Waals surface area contributed by atoms with Crippen LogP contribution >= 0.6 is 23.1 Å². The highest BCUT2D eigenvalue weighted by Gasteiger charge is 2.03. The maximum atomic E-state index is 4.52. The smallest absolute Gasteiger partial charge is 0.150 e. The van der Waals surface area contributed by atoms with E-state index in [2.05, 4.69) is 44.7 Å². The maximum absolute atomic E-state index is 4.52. The maximum Gasteiger partial charge on any atom is 0.150 e. The molecule has 0 aliphatic carbocycles. The number of anilines is 1. The van der Waals surface area contributed by atoms with Crippen LogP contribution < -0.4 is 5.32 Å². The van der Waals surface area contributed by atoms with E-state index in [0.717, 1.165) is 27.8 Å². The van der Waals surface area contributed by atoms with Gasteiger partial charge >= 0.3 is 0 Å². The number of rotatable bonds is 4. The lowest BCUT2D eigenvalue weighted by molar-refractivity contribution is 1.07. The van der Waals surface area contributed by atoms with Crippen molar-refractivity contribution >= 4 is 39.0 Å². The van der Waals surface area contributed by atoms with Crippen LogP contribution in [0.2, 0.25) is 0 Å². The van der Waals surface area contributed by atoms with Gasteiger partial charge in [0.05, 0.1) is 28.8 Å². The zero-order valence-electron chi connectivity index (χ0n) is 9.80. The molecule has 0 unspecified atom stereocenters. The number of aromatic amines is 1. The van der Waals surface area contributed by atoms with Gasteiger partial charge in [-0.2, -0.15) is 0 Å². The predicted molar refractivity (Wildman–Crippen MR) is 77.3 cm³/mol. The fourth-order valence-electron chi connectivity index (χ4n) is 1.68. The van der Waals surface area contributed by atoms with Crippen molar-refractivity contribution in [1.82, 2.24) is 15.0 Å². The van der Waals surface area contributed by atoms with Crippen LogP contribution in [0.5, 0.6) is 0 Å². The molecule has 1 aromatic carbocycles. The first-order chi connectivity index (χ1) is 8.85. The average molecular weight is 276 g/mol. The summed E-state index contributed by atoms with van der Waals surface area (Å²) in [7, 11) is 0. The molecule has 0 spiro atoms. The van der Waals surface area contributed by atoms with Crippen molar-refractivity contribution in [2.75, 3.05) is 11.6 Å². The molecule has 3 aromatic rings. The molecular weight excluding hydrogens is 264 g/mol. The van der Waals surface area contributed by atoms with Crippen LogP contribution in [-0.2, 0) is 6.54 Å². The number of hydrogen-bond acceptors (Lipinski definition) is 5. The van der Waals surface area contributed by atoms with Crippen LogP contribution in [0.15, 0.2) is 35.1 Å². The van der Waals surface area contributed by atoms with Crippen molar-refractivity contribution in [1.29, 1.82) is 0 Å². The standard InChI is InChI=1S/C12H12N4S2/c1-17-12-16-10-3-2-8(4-11(10)18-12)14-6-9-5-13-7-15-9/h2-5,7,14H,6H2,1H3,(H,13,15). The molecule has 2 aromatic heterocycles. The van der Waals surface area contributed by atoms with Crippen LogP contribution in [0.3, 0.4) is 0 Å². The molecule has 92 valence electrons. The SMILES string of the molecule is CSc1nc2ccc(NCc3cnc[nH]3)cc2s1. The highest BCUT2D eigenvalue weighted by molar-refractivity contribution is 8.00. The molecular formula is C12H12N4S2. The number of benzene rings is 1. The largest absolute Gasteiger partial charge is 0.379 e. The molecule has 0 bridgehead atoms. The van der Waals surface area contributed by atoms with Crippen LogP contribution in [0.1, 0.15) is 5.69 Å². The third-order valence-electron chi connectivity index (χ3n) is 2.58. The number of thioether (sulfide) groups is 1. The number of thiazole rings is 1. The van der Waals surface area contributed by atoms with Crippen molar-refractivity contribution in [2.24, 2.45) is 0 Å². The van der Waals surface area contributed by atoms with E-state index in [9.17, 15) is 0 Å². The summed E-state index contributed by atoms with van der Waals surface area (Å²) >= 11 is 3.41. The van der Waals surface area contributed by atoms with E-state index < -0.39 is 0 Å². The summed E-state index contributed by atoms with van der Waals surface area (Å²) in [5.41, 5.74) is 3.24. The van der Waals surface area contributed by atoms with Gasteiger partial charge in [0.2, 0.25) is 0 Å². The van der Waals surface area contributed by atoms with E-state index >= 15 is 0 Å². The van der Waals surface area contributed by atoms with E-state index in [-0.39, 0.29) is 0 Å². The lowest BCUT2D eigenvalue weighted by Gasteiger charge is -2.04. The zero-order valence-corrected chi connectivity index (χ0v) is 11.4. The summed E-state index contributed by atoms with van der Waals surface area (Å²) in [6.45, 7) is 0.750.